The van der Waals surface area contributed by atoms with Crippen molar-refractivity contribution in [3.8, 4) is 22.3 Å². The van der Waals surface area contributed by atoms with E-state index in [2.05, 4.69) is 12.6 Å². The highest BCUT2D eigenvalue weighted by molar-refractivity contribution is 7.80. The van der Waals surface area contributed by atoms with Crippen molar-refractivity contribution < 1.29 is 0 Å². The van der Waals surface area contributed by atoms with E-state index in [-0.39, 0.29) is 5.56 Å². The van der Waals surface area contributed by atoms with E-state index in [0.29, 0.717) is 10.5 Å². The number of aromatic nitrogens is 1. The lowest BCUT2D eigenvalue weighted by Crippen LogP contribution is -2.28. The maximum Gasteiger partial charge on any atom is 0.277 e. The van der Waals surface area contributed by atoms with Crippen LogP contribution in [0.4, 0.5) is 0 Å². The van der Waals surface area contributed by atoms with Crippen LogP contribution in [0.5, 0.6) is 0 Å². The van der Waals surface area contributed by atoms with Crippen LogP contribution in [0.15, 0.2) is 76.6 Å². The van der Waals surface area contributed by atoms with Gasteiger partial charge in [0.2, 0.25) is 0 Å². The fourth-order valence-electron chi connectivity index (χ4n) is 2.32. The van der Waals surface area contributed by atoms with Crippen LogP contribution < -0.4 is 11.4 Å². The minimum atomic E-state index is -0.258. The molecular weight excluding hydrogens is 280 g/mol. The number of pyridine rings is 1. The zero-order valence-corrected chi connectivity index (χ0v) is 12.1. The third kappa shape index (κ3) is 2.45. The minimum Gasteiger partial charge on any atom is -0.336 e. The molecule has 2 aromatic carbocycles. The molecule has 0 aliphatic heterocycles. The molecule has 3 aromatic rings. The summed E-state index contributed by atoms with van der Waals surface area (Å²) in [6.45, 7) is 0. The Balaban J connectivity index is 2.31. The van der Waals surface area contributed by atoms with E-state index in [1.165, 1.54) is 0 Å². The molecule has 0 saturated carbocycles. The topological polar surface area (TPSA) is 48.0 Å². The first-order valence-electron chi connectivity index (χ1n) is 6.53. The third-order valence-electron chi connectivity index (χ3n) is 3.36. The van der Waals surface area contributed by atoms with Crippen LogP contribution in [0, 0.1) is 0 Å². The molecule has 0 unspecified atom stereocenters. The fraction of sp³-hybridized carbons (Fsp3) is 0. The molecule has 0 aliphatic rings. The highest BCUT2D eigenvalue weighted by atomic mass is 32.1. The predicted molar refractivity (Wildman–Crippen MR) is 89.0 cm³/mol. The molecule has 0 spiro atoms. The number of nitrogens with two attached hydrogens (primary N) is 1. The SMILES string of the molecule is Nn1cc(-c2ccccc2)c(S)c(-c2ccccc2)c1=O. The number of nitrogens with zero attached hydrogens (tertiary/aromatic N) is 1. The molecule has 0 atom stereocenters. The molecule has 1 heterocycles. The number of hydrogen-bond acceptors (Lipinski definition) is 3. The van der Waals surface area contributed by atoms with Gasteiger partial charge in [0.25, 0.3) is 5.56 Å². The molecule has 4 heteroatoms. The summed E-state index contributed by atoms with van der Waals surface area (Å²) in [6.07, 6.45) is 1.62. The van der Waals surface area contributed by atoms with Gasteiger partial charge in [-0.25, -0.2) is 4.68 Å². The summed E-state index contributed by atoms with van der Waals surface area (Å²) in [6, 6.07) is 19.2. The van der Waals surface area contributed by atoms with Gasteiger partial charge in [-0.05, 0) is 11.1 Å². The normalized spacial score (nSPS) is 10.5. The quantitative estimate of drug-likeness (QED) is 0.563. The lowest BCUT2D eigenvalue weighted by atomic mass is 10.0. The van der Waals surface area contributed by atoms with Crippen LogP contribution in [0.25, 0.3) is 22.3 Å². The van der Waals surface area contributed by atoms with Crippen molar-refractivity contribution in [2.75, 3.05) is 5.84 Å². The Hall–Kier alpha value is -2.46. The van der Waals surface area contributed by atoms with Crippen molar-refractivity contribution >= 4 is 12.6 Å². The number of hydrogen-bond donors (Lipinski definition) is 2. The fourth-order valence-corrected chi connectivity index (χ4v) is 2.73. The Kier molecular flexibility index (Phi) is 3.54. The summed E-state index contributed by atoms with van der Waals surface area (Å²) in [5.41, 5.74) is 2.87. The van der Waals surface area contributed by atoms with E-state index in [9.17, 15) is 4.79 Å². The van der Waals surface area contributed by atoms with Crippen LogP contribution >= 0.6 is 12.6 Å². The number of benzene rings is 2. The summed E-state index contributed by atoms with van der Waals surface area (Å²) >= 11 is 4.58. The zero-order valence-electron chi connectivity index (χ0n) is 11.2. The largest absolute Gasteiger partial charge is 0.336 e. The van der Waals surface area contributed by atoms with Gasteiger partial charge >= 0.3 is 0 Å². The summed E-state index contributed by atoms with van der Waals surface area (Å²) in [7, 11) is 0. The Bertz CT molecular complexity index is 827. The second-order valence-corrected chi connectivity index (χ2v) is 5.16. The summed E-state index contributed by atoms with van der Waals surface area (Å²) < 4.78 is 1.12. The first-order chi connectivity index (χ1) is 10.2. The summed E-state index contributed by atoms with van der Waals surface area (Å²) in [5, 5.41) is 0. The van der Waals surface area contributed by atoms with Crippen LogP contribution in [-0.4, -0.2) is 4.68 Å². The Labute approximate surface area is 128 Å². The smallest absolute Gasteiger partial charge is 0.277 e. The molecular formula is C17H14N2OS. The predicted octanol–water partition coefficient (Wildman–Crippen LogP) is 3.18. The average molecular weight is 294 g/mol. The standard InChI is InChI=1S/C17H14N2OS/c18-19-11-14(12-7-3-1-4-8-12)16(21)15(17(19)20)13-9-5-2-6-10-13/h1-11,21H,18H2. The van der Waals surface area contributed by atoms with Gasteiger partial charge in [-0.1, -0.05) is 60.7 Å². The van der Waals surface area contributed by atoms with Gasteiger partial charge in [0.15, 0.2) is 0 Å². The second-order valence-electron chi connectivity index (χ2n) is 4.71. The summed E-state index contributed by atoms with van der Waals surface area (Å²) in [4.78, 5) is 13.0. The molecule has 3 rings (SSSR count). The lowest BCUT2D eigenvalue weighted by Gasteiger charge is -2.13. The van der Waals surface area contributed by atoms with Gasteiger partial charge in [0, 0.05) is 16.7 Å². The number of nitrogen functional groups attached to an aromatic ring is 1. The van der Waals surface area contributed by atoms with Crippen molar-refractivity contribution in [3.63, 3.8) is 0 Å². The average Bonchev–Trinajstić information content (AvgIpc) is 2.53. The van der Waals surface area contributed by atoms with E-state index in [1.54, 1.807) is 6.20 Å². The van der Waals surface area contributed by atoms with Crippen LogP contribution in [-0.2, 0) is 0 Å². The Morgan fingerprint density at radius 3 is 1.95 bits per heavy atom. The first-order valence-corrected chi connectivity index (χ1v) is 6.97. The van der Waals surface area contributed by atoms with Crippen LogP contribution in [0.3, 0.4) is 0 Å². The van der Waals surface area contributed by atoms with Gasteiger partial charge in [-0.15, -0.1) is 12.6 Å². The van der Waals surface area contributed by atoms with Crippen molar-refractivity contribution in [1.29, 1.82) is 0 Å². The molecule has 21 heavy (non-hydrogen) atoms. The maximum absolute atomic E-state index is 12.4. The van der Waals surface area contributed by atoms with Crippen LogP contribution in [0.2, 0.25) is 0 Å². The monoisotopic (exact) mass is 294 g/mol. The van der Waals surface area contributed by atoms with E-state index >= 15 is 0 Å². The Morgan fingerprint density at radius 1 is 0.857 bits per heavy atom. The number of thiol groups is 1. The molecule has 104 valence electrons. The third-order valence-corrected chi connectivity index (χ3v) is 3.82. The molecule has 0 amide bonds. The maximum atomic E-state index is 12.4. The Morgan fingerprint density at radius 2 is 1.38 bits per heavy atom. The zero-order chi connectivity index (χ0) is 14.8. The molecule has 0 saturated heterocycles. The molecule has 1 aromatic heterocycles. The molecule has 0 radical (unpaired) electrons. The molecule has 0 bridgehead atoms. The van der Waals surface area contributed by atoms with Gasteiger partial charge in [0.05, 0.1) is 5.56 Å². The van der Waals surface area contributed by atoms with Gasteiger partial charge in [-0.2, -0.15) is 0 Å². The van der Waals surface area contributed by atoms with Gasteiger partial charge in [-0.3, -0.25) is 4.79 Å². The molecule has 0 aliphatic carbocycles. The minimum absolute atomic E-state index is 0.258. The molecule has 0 fully saturated rings. The molecule has 3 nitrogen and oxygen atoms in total. The summed E-state index contributed by atoms with van der Waals surface area (Å²) in [5.74, 6) is 5.84. The first kappa shape index (κ1) is 13.5. The van der Waals surface area contributed by atoms with Crippen molar-refractivity contribution in [3.05, 3.63) is 77.2 Å². The van der Waals surface area contributed by atoms with Crippen molar-refractivity contribution in [1.82, 2.24) is 4.68 Å². The van der Waals surface area contributed by atoms with Crippen molar-refractivity contribution in [2.45, 2.75) is 4.90 Å². The van der Waals surface area contributed by atoms with E-state index in [4.69, 9.17) is 5.84 Å². The van der Waals surface area contributed by atoms with Gasteiger partial charge < -0.3 is 5.84 Å². The van der Waals surface area contributed by atoms with E-state index < -0.39 is 0 Å². The lowest BCUT2D eigenvalue weighted by molar-refractivity contribution is 0.930. The van der Waals surface area contributed by atoms with Gasteiger partial charge in [0.1, 0.15) is 0 Å². The molecule has 2 N–H and O–H groups in total. The number of rotatable bonds is 2. The van der Waals surface area contributed by atoms with E-state index in [0.717, 1.165) is 21.4 Å². The van der Waals surface area contributed by atoms with Crippen LogP contribution in [0.1, 0.15) is 0 Å². The second kappa shape index (κ2) is 5.50. The highest BCUT2D eigenvalue weighted by Gasteiger charge is 2.15. The van der Waals surface area contributed by atoms with E-state index in [1.807, 2.05) is 60.7 Å². The van der Waals surface area contributed by atoms with Crippen molar-refractivity contribution in [2.24, 2.45) is 0 Å². The highest BCUT2D eigenvalue weighted by Crippen LogP contribution is 2.32.